The van der Waals surface area contributed by atoms with Gasteiger partial charge in [0.2, 0.25) is 0 Å². The maximum atomic E-state index is 5.93. The zero-order chi connectivity index (χ0) is 9.26. The summed E-state index contributed by atoms with van der Waals surface area (Å²) in [7, 11) is 0. The van der Waals surface area contributed by atoms with Gasteiger partial charge in [0, 0.05) is 11.8 Å². The highest BCUT2D eigenvalue weighted by Crippen LogP contribution is 2.26. The van der Waals surface area contributed by atoms with Crippen molar-refractivity contribution in [3.05, 3.63) is 40.8 Å². The lowest BCUT2D eigenvalue weighted by molar-refractivity contribution is 1.32. The van der Waals surface area contributed by atoms with Gasteiger partial charge in [-0.3, -0.25) is 4.98 Å². The minimum Gasteiger partial charge on any atom is -0.344 e. The SMILES string of the molecule is Clc1cc(-c2ncccc2Cl)[c][nH]1. The Bertz CT molecular complexity index is 423. The predicted octanol–water partition coefficient (Wildman–Crippen LogP) is 3.18. The molecule has 0 spiro atoms. The largest absolute Gasteiger partial charge is 0.344 e. The van der Waals surface area contributed by atoms with E-state index in [0.29, 0.717) is 15.9 Å². The van der Waals surface area contributed by atoms with E-state index in [4.69, 9.17) is 23.2 Å². The van der Waals surface area contributed by atoms with E-state index in [1.165, 1.54) is 0 Å². The lowest BCUT2D eigenvalue weighted by Crippen LogP contribution is -1.80. The van der Waals surface area contributed by atoms with Crippen molar-refractivity contribution in [1.82, 2.24) is 9.97 Å². The van der Waals surface area contributed by atoms with Gasteiger partial charge in [0.1, 0.15) is 5.15 Å². The average Bonchev–Trinajstić information content (AvgIpc) is 2.53. The van der Waals surface area contributed by atoms with E-state index in [1.807, 2.05) is 0 Å². The lowest BCUT2D eigenvalue weighted by Gasteiger charge is -1.97. The van der Waals surface area contributed by atoms with Crippen LogP contribution in [0.5, 0.6) is 0 Å². The Morgan fingerprint density at radius 2 is 2.23 bits per heavy atom. The van der Waals surface area contributed by atoms with Crippen molar-refractivity contribution in [1.29, 1.82) is 0 Å². The van der Waals surface area contributed by atoms with Crippen LogP contribution in [0.3, 0.4) is 0 Å². The van der Waals surface area contributed by atoms with Gasteiger partial charge in [-0.15, -0.1) is 0 Å². The molecule has 0 aliphatic rings. The van der Waals surface area contributed by atoms with E-state index in [2.05, 4.69) is 16.2 Å². The van der Waals surface area contributed by atoms with Crippen molar-refractivity contribution in [2.24, 2.45) is 0 Å². The molecule has 1 radical (unpaired) electrons. The molecule has 0 saturated carbocycles. The Balaban J connectivity index is 2.52. The molecule has 4 heteroatoms. The second-order valence-corrected chi connectivity index (χ2v) is 3.30. The standard InChI is InChI=1S/C9H5Cl2N2/c10-7-2-1-3-12-9(7)6-4-8(11)13-5-6/h1-4,13H. The Kier molecular flexibility index (Phi) is 2.25. The fraction of sp³-hybridized carbons (Fsp3) is 0. The molecule has 2 rings (SSSR count). The molecule has 1 N–H and O–H groups in total. The zero-order valence-electron chi connectivity index (χ0n) is 6.51. The average molecular weight is 212 g/mol. The third kappa shape index (κ3) is 1.69. The monoisotopic (exact) mass is 211 g/mol. The molecule has 0 bridgehead atoms. The highest BCUT2D eigenvalue weighted by molar-refractivity contribution is 6.33. The summed E-state index contributed by atoms with van der Waals surface area (Å²) >= 11 is 11.6. The number of hydrogen-bond donors (Lipinski definition) is 1. The summed E-state index contributed by atoms with van der Waals surface area (Å²) in [4.78, 5) is 6.86. The van der Waals surface area contributed by atoms with Gasteiger partial charge in [-0.2, -0.15) is 0 Å². The molecule has 0 saturated heterocycles. The normalized spacial score (nSPS) is 10.3. The third-order valence-electron chi connectivity index (χ3n) is 1.60. The molecule has 2 nitrogen and oxygen atoms in total. The van der Waals surface area contributed by atoms with E-state index in [0.717, 1.165) is 5.56 Å². The molecule has 2 aromatic heterocycles. The highest BCUT2D eigenvalue weighted by Gasteiger charge is 2.05. The Hall–Kier alpha value is -0.990. The fourth-order valence-corrected chi connectivity index (χ4v) is 1.42. The zero-order valence-corrected chi connectivity index (χ0v) is 8.02. The van der Waals surface area contributed by atoms with E-state index in [-0.39, 0.29) is 0 Å². The quantitative estimate of drug-likeness (QED) is 0.772. The summed E-state index contributed by atoms with van der Waals surface area (Å²) in [6.45, 7) is 0. The van der Waals surface area contributed by atoms with Gasteiger partial charge in [0.15, 0.2) is 0 Å². The molecule has 0 atom stereocenters. The summed E-state index contributed by atoms with van der Waals surface area (Å²) in [5.41, 5.74) is 1.46. The molecule has 0 amide bonds. The van der Waals surface area contributed by atoms with Gasteiger partial charge in [-0.05, 0) is 18.2 Å². The molecule has 13 heavy (non-hydrogen) atoms. The Labute approximate surface area is 85.5 Å². The molecule has 0 aromatic carbocycles. The van der Waals surface area contributed by atoms with Gasteiger partial charge in [-0.1, -0.05) is 23.2 Å². The molecular formula is C9H5Cl2N2. The molecule has 0 aliphatic carbocycles. The number of rotatable bonds is 1. The first-order valence-corrected chi connectivity index (χ1v) is 4.40. The number of nitrogens with one attached hydrogen (secondary N) is 1. The van der Waals surface area contributed by atoms with E-state index < -0.39 is 0 Å². The molecule has 0 fully saturated rings. The van der Waals surface area contributed by atoms with Crippen LogP contribution in [0.2, 0.25) is 10.2 Å². The van der Waals surface area contributed by atoms with E-state index in [9.17, 15) is 0 Å². The van der Waals surface area contributed by atoms with Crippen LogP contribution in [-0.4, -0.2) is 9.97 Å². The van der Waals surface area contributed by atoms with E-state index >= 15 is 0 Å². The number of aromatic amines is 1. The molecular weight excluding hydrogens is 207 g/mol. The maximum Gasteiger partial charge on any atom is 0.107 e. The van der Waals surface area contributed by atoms with Crippen LogP contribution >= 0.6 is 23.2 Å². The summed E-state index contributed by atoms with van der Waals surface area (Å²) in [5, 5.41) is 1.12. The van der Waals surface area contributed by atoms with Crippen LogP contribution in [0.15, 0.2) is 24.4 Å². The second kappa shape index (κ2) is 3.40. The van der Waals surface area contributed by atoms with Crippen molar-refractivity contribution >= 4 is 23.2 Å². The fourth-order valence-electron chi connectivity index (χ4n) is 1.04. The topological polar surface area (TPSA) is 28.7 Å². The lowest BCUT2D eigenvalue weighted by atomic mass is 10.2. The number of nitrogens with zero attached hydrogens (tertiary/aromatic N) is 1. The summed E-state index contributed by atoms with van der Waals surface area (Å²) in [5.74, 6) is 0. The van der Waals surface area contributed by atoms with Gasteiger partial charge in [0.25, 0.3) is 0 Å². The van der Waals surface area contributed by atoms with Crippen LogP contribution in [-0.2, 0) is 0 Å². The summed E-state index contributed by atoms with van der Waals surface area (Å²) in [6.07, 6.45) is 4.54. The minimum atomic E-state index is 0.525. The summed E-state index contributed by atoms with van der Waals surface area (Å²) in [6, 6.07) is 5.29. The Morgan fingerprint density at radius 1 is 1.38 bits per heavy atom. The summed E-state index contributed by atoms with van der Waals surface area (Å²) < 4.78 is 0. The van der Waals surface area contributed by atoms with Crippen LogP contribution in [0.1, 0.15) is 0 Å². The number of pyridine rings is 1. The molecule has 65 valence electrons. The smallest absolute Gasteiger partial charge is 0.107 e. The predicted molar refractivity (Wildman–Crippen MR) is 52.9 cm³/mol. The van der Waals surface area contributed by atoms with Gasteiger partial charge in [-0.25, -0.2) is 0 Å². The van der Waals surface area contributed by atoms with Crippen LogP contribution in [0, 0.1) is 6.20 Å². The van der Waals surface area contributed by atoms with Gasteiger partial charge >= 0.3 is 0 Å². The number of aromatic nitrogens is 2. The number of halogens is 2. The Morgan fingerprint density at radius 3 is 2.85 bits per heavy atom. The van der Waals surface area contributed by atoms with E-state index in [1.54, 1.807) is 24.4 Å². The van der Waals surface area contributed by atoms with Crippen molar-refractivity contribution in [3.63, 3.8) is 0 Å². The second-order valence-electron chi connectivity index (χ2n) is 2.49. The minimum absolute atomic E-state index is 0.525. The van der Waals surface area contributed by atoms with Gasteiger partial charge in [0.05, 0.1) is 16.9 Å². The van der Waals surface area contributed by atoms with Crippen LogP contribution in [0.4, 0.5) is 0 Å². The molecule has 2 aromatic rings. The first kappa shape index (κ1) is 8.60. The van der Waals surface area contributed by atoms with Crippen molar-refractivity contribution < 1.29 is 0 Å². The molecule has 0 unspecified atom stereocenters. The van der Waals surface area contributed by atoms with Crippen LogP contribution < -0.4 is 0 Å². The van der Waals surface area contributed by atoms with Crippen molar-refractivity contribution in [2.45, 2.75) is 0 Å². The first-order chi connectivity index (χ1) is 6.27. The van der Waals surface area contributed by atoms with Gasteiger partial charge < -0.3 is 4.98 Å². The van der Waals surface area contributed by atoms with Crippen molar-refractivity contribution in [3.8, 4) is 11.3 Å². The number of hydrogen-bond acceptors (Lipinski definition) is 1. The third-order valence-corrected chi connectivity index (χ3v) is 2.11. The first-order valence-electron chi connectivity index (χ1n) is 3.64. The number of H-pyrrole nitrogens is 1. The van der Waals surface area contributed by atoms with Crippen LogP contribution in [0.25, 0.3) is 11.3 Å². The highest BCUT2D eigenvalue weighted by atomic mass is 35.5. The molecule has 0 aliphatic heterocycles. The van der Waals surface area contributed by atoms with Crippen molar-refractivity contribution in [2.75, 3.05) is 0 Å². The maximum absolute atomic E-state index is 5.93. The molecule has 2 heterocycles.